The average Bonchev–Trinajstić information content (AvgIpc) is 2.63. The van der Waals surface area contributed by atoms with Crippen molar-refractivity contribution in [3.63, 3.8) is 0 Å². The molecule has 0 aromatic heterocycles. The van der Waals surface area contributed by atoms with Gasteiger partial charge in [0.1, 0.15) is 0 Å². The van der Waals surface area contributed by atoms with Crippen molar-refractivity contribution in [2.45, 2.75) is 62.8 Å². The minimum Gasteiger partial charge on any atom is -0.327 e. The Bertz CT molecular complexity index is 809. The van der Waals surface area contributed by atoms with Crippen LogP contribution in [0.5, 0.6) is 0 Å². The van der Waals surface area contributed by atoms with Crippen molar-refractivity contribution in [3.05, 3.63) is 41.4 Å². The van der Waals surface area contributed by atoms with Crippen LogP contribution in [0, 0.1) is 0 Å². The average molecular weight is 397 g/mol. The van der Waals surface area contributed by atoms with Crippen LogP contribution in [0.25, 0.3) is 10.8 Å². The number of unbranched alkanes of at least 4 members (excludes halogenated alkanes) is 5. The maximum atomic E-state index is 12.7. The third-order valence-corrected chi connectivity index (χ3v) is 6.39. The van der Waals surface area contributed by atoms with Crippen LogP contribution in [0.4, 0.5) is 0 Å². The Kier molecular flexibility index (Phi) is 8.35. The molecule has 0 saturated heterocycles. The molecule has 2 rings (SSSR count). The van der Waals surface area contributed by atoms with Crippen LogP contribution in [-0.2, 0) is 10.0 Å². The van der Waals surface area contributed by atoms with E-state index < -0.39 is 10.0 Å². The van der Waals surface area contributed by atoms with Gasteiger partial charge >= 0.3 is 0 Å². The molecule has 0 spiro atoms. The molecule has 1 atom stereocenters. The van der Waals surface area contributed by atoms with Gasteiger partial charge in [0.2, 0.25) is 10.0 Å². The SMILES string of the molecule is CCCCCCCCC(N)CNS(=O)(=O)c1cccc2c(Cl)cccc12. The molecular weight excluding hydrogens is 368 g/mol. The van der Waals surface area contributed by atoms with E-state index in [1.807, 2.05) is 6.07 Å². The van der Waals surface area contributed by atoms with E-state index in [0.29, 0.717) is 10.4 Å². The number of hydrogen-bond acceptors (Lipinski definition) is 3. The molecule has 0 heterocycles. The maximum Gasteiger partial charge on any atom is 0.241 e. The van der Waals surface area contributed by atoms with Crippen LogP contribution in [0.1, 0.15) is 51.9 Å². The summed E-state index contributed by atoms with van der Waals surface area (Å²) in [7, 11) is -3.63. The normalized spacial score (nSPS) is 13.2. The number of fused-ring (bicyclic) bond motifs is 1. The summed E-state index contributed by atoms with van der Waals surface area (Å²) in [5.74, 6) is 0. The van der Waals surface area contributed by atoms with Gasteiger partial charge in [-0.05, 0) is 18.6 Å². The van der Waals surface area contributed by atoms with E-state index in [-0.39, 0.29) is 17.5 Å². The second-order valence-electron chi connectivity index (χ2n) is 6.76. The lowest BCUT2D eigenvalue weighted by atomic mass is 10.1. The smallest absolute Gasteiger partial charge is 0.241 e. The van der Waals surface area contributed by atoms with Gasteiger partial charge in [-0.3, -0.25) is 0 Å². The zero-order chi connectivity index (χ0) is 19.0. The fourth-order valence-corrected chi connectivity index (χ4v) is 4.61. The van der Waals surface area contributed by atoms with E-state index >= 15 is 0 Å². The van der Waals surface area contributed by atoms with Crippen LogP contribution in [0.3, 0.4) is 0 Å². The van der Waals surface area contributed by atoms with Gasteiger partial charge in [0, 0.05) is 28.4 Å². The molecule has 1 unspecified atom stereocenters. The summed E-state index contributed by atoms with van der Waals surface area (Å²) in [6.45, 7) is 2.44. The van der Waals surface area contributed by atoms with Crippen LogP contribution < -0.4 is 10.5 Å². The van der Waals surface area contributed by atoms with Crippen molar-refractivity contribution in [1.29, 1.82) is 0 Å². The van der Waals surface area contributed by atoms with E-state index in [4.69, 9.17) is 17.3 Å². The molecule has 0 aliphatic carbocycles. The summed E-state index contributed by atoms with van der Waals surface area (Å²) in [5.41, 5.74) is 6.09. The number of rotatable bonds is 11. The Morgan fingerprint density at radius 1 is 1.00 bits per heavy atom. The van der Waals surface area contributed by atoms with E-state index in [1.54, 1.807) is 30.3 Å². The number of nitrogens with one attached hydrogen (secondary N) is 1. The molecule has 2 aromatic carbocycles. The highest BCUT2D eigenvalue weighted by Gasteiger charge is 2.18. The Morgan fingerprint density at radius 3 is 2.42 bits per heavy atom. The van der Waals surface area contributed by atoms with E-state index in [1.165, 1.54) is 25.7 Å². The lowest BCUT2D eigenvalue weighted by Crippen LogP contribution is -2.37. The molecular formula is C20H29ClN2O2S. The molecule has 6 heteroatoms. The molecule has 0 fully saturated rings. The molecule has 26 heavy (non-hydrogen) atoms. The Hall–Kier alpha value is -1.14. The zero-order valence-corrected chi connectivity index (χ0v) is 17.0. The van der Waals surface area contributed by atoms with Gasteiger partial charge in [-0.1, -0.05) is 81.3 Å². The van der Waals surface area contributed by atoms with Crippen LogP contribution >= 0.6 is 11.6 Å². The van der Waals surface area contributed by atoms with Gasteiger partial charge in [-0.2, -0.15) is 0 Å². The van der Waals surface area contributed by atoms with Crippen molar-refractivity contribution in [2.24, 2.45) is 5.73 Å². The highest BCUT2D eigenvalue weighted by atomic mass is 35.5. The lowest BCUT2D eigenvalue weighted by Gasteiger charge is -2.14. The first-order valence-corrected chi connectivity index (χ1v) is 11.2. The highest BCUT2D eigenvalue weighted by Crippen LogP contribution is 2.28. The first-order chi connectivity index (χ1) is 12.5. The molecule has 0 aliphatic heterocycles. The first kappa shape index (κ1) is 21.2. The Balaban J connectivity index is 1.92. The van der Waals surface area contributed by atoms with Crippen molar-refractivity contribution in [3.8, 4) is 0 Å². The molecule has 0 radical (unpaired) electrons. The third kappa shape index (κ3) is 5.95. The summed E-state index contributed by atoms with van der Waals surface area (Å²) < 4.78 is 28.1. The van der Waals surface area contributed by atoms with Crippen molar-refractivity contribution in [2.75, 3.05) is 6.54 Å². The minimum absolute atomic E-state index is 0.172. The molecule has 0 bridgehead atoms. The topological polar surface area (TPSA) is 72.2 Å². The number of hydrogen-bond donors (Lipinski definition) is 2. The van der Waals surface area contributed by atoms with Crippen LogP contribution in [-0.4, -0.2) is 21.0 Å². The molecule has 4 nitrogen and oxygen atoms in total. The van der Waals surface area contributed by atoms with E-state index in [2.05, 4.69) is 11.6 Å². The zero-order valence-electron chi connectivity index (χ0n) is 15.4. The number of halogens is 1. The van der Waals surface area contributed by atoms with Crippen molar-refractivity contribution in [1.82, 2.24) is 4.72 Å². The second kappa shape index (κ2) is 10.3. The maximum absolute atomic E-state index is 12.7. The van der Waals surface area contributed by atoms with Gasteiger partial charge in [0.25, 0.3) is 0 Å². The standard InChI is InChI=1S/C20H29ClN2O2S/c1-2-3-4-5-6-7-10-16(22)15-23-26(24,25)20-14-9-11-17-18(20)12-8-13-19(17)21/h8-9,11-14,16,23H,2-7,10,15,22H2,1H3. The van der Waals surface area contributed by atoms with Gasteiger partial charge < -0.3 is 5.73 Å². The van der Waals surface area contributed by atoms with Crippen LogP contribution in [0.15, 0.2) is 41.3 Å². The summed E-state index contributed by atoms with van der Waals surface area (Å²) in [6.07, 6.45) is 8.03. The number of benzene rings is 2. The summed E-state index contributed by atoms with van der Waals surface area (Å²) in [4.78, 5) is 0.240. The third-order valence-electron chi connectivity index (χ3n) is 4.58. The first-order valence-electron chi connectivity index (χ1n) is 9.38. The van der Waals surface area contributed by atoms with Crippen molar-refractivity contribution < 1.29 is 8.42 Å². The Morgan fingerprint density at radius 2 is 1.65 bits per heavy atom. The van der Waals surface area contributed by atoms with E-state index in [9.17, 15) is 8.42 Å². The molecule has 0 amide bonds. The van der Waals surface area contributed by atoms with Gasteiger partial charge in [-0.15, -0.1) is 0 Å². The number of nitrogens with two attached hydrogens (primary N) is 1. The predicted molar refractivity (Wildman–Crippen MR) is 110 cm³/mol. The number of sulfonamides is 1. The predicted octanol–water partition coefficient (Wildman–Crippen LogP) is 4.85. The summed E-state index contributed by atoms with van der Waals surface area (Å²) in [6, 6.07) is 10.2. The van der Waals surface area contributed by atoms with E-state index in [0.717, 1.165) is 24.6 Å². The quantitative estimate of drug-likeness (QED) is 0.533. The second-order valence-corrected chi connectivity index (χ2v) is 8.90. The summed E-state index contributed by atoms with van der Waals surface area (Å²) >= 11 is 6.17. The highest BCUT2D eigenvalue weighted by molar-refractivity contribution is 7.89. The lowest BCUT2D eigenvalue weighted by molar-refractivity contribution is 0.520. The van der Waals surface area contributed by atoms with Gasteiger partial charge in [-0.25, -0.2) is 13.1 Å². The fraction of sp³-hybridized carbons (Fsp3) is 0.500. The van der Waals surface area contributed by atoms with Crippen LogP contribution in [0.2, 0.25) is 5.02 Å². The van der Waals surface area contributed by atoms with Crippen molar-refractivity contribution >= 4 is 32.4 Å². The van der Waals surface area contributed by atoms with Gasteiger partial charge in [0.05, 0.1) is 4.90 Å². The molecule has 3 N–H and O–H groups in total. The minimum atomic E-state index is -3.63. The Labute approximate surface area is 162 Å². The molecule has 144 valence electrons. The fourth-order valence-electron chi connectivity index (χ4n) is 3.06. The monoisotopic (exact) mass is 396 g/mol. The van der Waals surface area contributed by atoms with Gasteiger partial charge in [0.15, 0.2) is 0 Å². The summed E-state index contributed by atoms with van der Waals surface area (Å²) in [5, 5.41) is 1.89. The molecule has 2 aromatic rings. The largest absolute Gasteiger partial charge is 0.327 e. The molecule has 0 saturated carbocycles. The molecule has 0 aliphatic rings.